The van der Waals surface area contributed by atoms with E-state index in [4.69, 9.17) is 5.73 Å². The van der Waals surface area contributed by atoms with E-state index in [1.807, 2.05) is 0 Å². The second-order valence-electron chi connectivity index (χ2n) is 4.23. The second-order valence-corrected chi connectivity index (χ2v) is 5.15. The maximum atomic E-state index is 5.74. The number of halogens is 1. The minimum absolute atomic E-state index is 0.584. The summed E-state index contributed by atoms with van der Waals surface area (Å²) in [5, 5.41) is 1.27. The fourth-order valence-corrected chi connectivity index (χ4v) is 2.60. The fraction of sp³-hybridized carbons (Fsp3) is 0.333. The first kappa shape index (κ1) is 9.43. The zero-order chi connectivity index (χ0) is 10.4. The third-order valence-corrected chi connectivity index (χ3v) is 3.49. The summed E-state index contributed by atoms with van der Waals surface area (Å²) < 4.78 is 1.11. The van der Waals surface area contributed by atoms with E-state index in [0.717, 1.165) is 10.4 Å². The SMILES string of the molecule is NCc1cc(Br)cc2cc(C3CC3)[nH]c12. The highest BCUT2D eigenvalue weighted by atomic mass is 79.9. The lowest BCUT2D eigenvalue weighted by Gasteiger charge is -2.00. The third-order valence-electron chi connectivity index (χ3n) is 3.03. The normalized spacial score (nSPS) is 16.1. The molecule has 1 fully saturated rings. The predicted octanol–water partition coefficient (Wildman–Crippen LogP) is 3.27. The Morgan fingerprint density at radius 3 is 2.80 bits per heavy atom. The highest BCUT2D eigenvalue weighted by molar-refractivity contribution is 9.10. The summed E-state index contributed by atoms with van der Waals surface area (Å²) >= 11 is 3.52. The Labute approximate surface area is 97.0 Å². The van der Waals surface area contributed by atoms with Crippen molar-refractivity contribution in [2.45, 2.75) is 25.3 Å². The highest BCUT2D eigenvalue weighted by Gasteiger charge is 2.25. The van der Waals surface area contributed by atoms with Crippen molar-refractivity contribution >= 4 is 26.8 Å². The van der Waals surface area contributed by atoms with E-state index in [0.29, 0.717) is 6.54 Å². The van der Waals surface area contributed by atoms with Crippen LogP contribution in [0.1, 0.15) is 30.0 Å². The van der Waals surface area contributed by atoms with Gasteiger partial charge in [0.2, 0.25) is 0 Å². The minimum Gasteiger partial charge on any atom is -0.358 e. The topological polar surface area (TPSA) is 41.8 Å². The molecule has 1 saturated carbocycles. The molecule has 2 aromatic rings. The first-order valence-corrected chi connectivity index (χ1v) is 6.08. The minimum atomic E-state index is 0.584. The van der Waals surface area contributed by atoms with Crippen LogP contribution in [0.15, 0.2) is 22.7 Å². The van der Waals surface area contributed by atoms with E-state index >= 15 is 0 Å². The first-order valence-electron chi connectivity index (χ1n) is 5.29. The number of nitrogens with one attached hydrogen (secondary N) is 1. The van der Waals surface area contributed by atoms with Crippen molar-refractivity contribution in [3.63, 3.8) is 0 Å². The molecule has 0 atom stereocenters. The molecule has 1 aromatic heterocycles. The van der Waals surface area contributed by atoms with Crippen molar-refractivity contribution in [3.05, 3.63) is 33.9 Å². The number of aromatic nitrogens is 1. The molecule has 1 aliphatic rings. The van der Waals surface area contributed by atoms with Crippen LogP contribution in [-0.4, -0.2) is 4.98 Å². The lowest BCUT2D eigenvalue weighted by molar-refractivity contribution is 1.04. The Bertz CT molecular complexity index is 512. The van der Waals surface area contributed by atoms with Crippen LogP contribution in [0, 0.1) is 0 Å². The molecule has 3 heteroatoms. The van der Waals surface area contributed by atoms with Crippen molar-refractivity contribution in [1.82, 2.24) is 4.98 Å². The van der Waals surface area contributed by atoms with Crippen LogP contribution in [0.5, 0.6) is 0 Å². The quantitative estimate of drug-likeness (QED) is 0.859. The van der Waals surface area contributed by atoms with E-state index in [-0.39, 0.29) is 0 Å². The van der Waals surface area contributed by atoms with Crippen LogP contribution < -0.4 is 5.73 Å². The Hall–Kier alpha value is -0.800. The van der Waals surface area contributed by atoms with Crippen molar-refractivity contribution in [3.8, 4) is 0 Å². The van der Waals surface area contributed by atoms with Crippen molar-refractivity contribution in [2.75, 3.05) is 0 Å². The van der Waals surface area contributed by atoms with Crippen LogP contribution in [0.3, 0.4) is 0 Å². The maximum absolute atomic E-state index is 5.74. The molecular weight excluding hydrogens is 252 g/mol. The van der Waals surface area contributed by atoms with Gasteiger partial charge in [0.1, 0.15) is 0 Å². The van der Waals surface area contributed by atoms with Gasteiger partial charge in [0, 0.05) is 22.1 Å². The number of aromatic amines is 1. The summed E-state index contributed by atoms with van der Waals surface area (Å²) in [4.78, 5) is 3.50. The molecule has 0 bridgehead atoms. The number of H-pyrrole nitrogens is 1. The van der Waals surface area contributed by atoms with Gasteiger partial charge in [-0.25, -0.2) is 0 Å². The summed E-state index contributed by atoms with van der Waals surface area (Å²) in [6.07, 6.45) is 2.65. The monoisotopic (exact) mass is 264 g/mol. The largest absolute Gasteiger partial charge is 0.358 e. The van der Waals surface area contributed by atoms with Crippen LogP contribution >= 0.6 is 15.9 Å². The van der Waals surface area contributed by atoms with Gasteiger partial charge >= 0.3 is 0 Å². The summed E-state index contributed by atoms with van der Waals surface area (Å²) in [6, 6.07) is 6.50. The first-order chi connectivity index (χ1) is 7.28. The molecule has 0 unspecified atom stereocenters. The van der Waals surface area contributed by atoms with Gasteiger partial charge in [-0.3, -0.25) is 0 Å². The maximum Gasteiger partial charge on any atom is 0.0502 e. The summed E-state index contributed by atoms with van der Waals surface area (Å²) in [7, 11) is 0. The Morgan fingerprint density at radius 2 is 2.13 bits per heavy atom. The molecule has 0 saturated heterocycles. The second kappa shape index (κ2) is 3.35. The van der Waals surface area contributed by atoms with Crippen molar-refractivity contribution in [1.29, 1.82) is 0 Å². The van der Waals surface area contributed by atoms with E-state index in [1.165, 1.54) is 35.0 Å². The molecule has 3 rings (SSSR count). The molecule has 0 radical (unpaired) electrons. The molecule has 15 heavy (non-hydrogen) atoms. The molecule has 1 aliphatic carbocycles. The average molecular weight is 265 g/mol. The van der Waals surface area contributed by atoms with Crippen molar-refractivity contribution in [2.24, 2.45) is 5.73 Å². The third kappa shape index (κ3) is 1.60. The standard InChI is InChI=1S/C12H13BrN2/c13-10-3-8-5-11(7-1-2-7)15-12(8)9(4-10)6-14/h3-5,7,15H,1-2,6,14H2. The zero-order valence-electron chi connectivity index (χ0n) is 8.39. The van der Waals surface area contributed by atoms with E-state index in [1.54, 1.807) is 0 Å². The predicted molar refractivity (Wildman–Crippen MR) is 65.9 cm³/mol. The summed E-state index contributed by atoms with van der Waals surface area (Å²) in [5.74, 6) is 0.766. The van der Waals surface area contributed by atoms with Gasteiger partial charge in [0.05, 0.1) is 5.52 Å². The number of rotatable bonds is 2. The summed E-state index contributed by atoms with van der Waals surface area (Å²) in [5.41, 5.74) is 9.52. The van der Waals surface area contributed by atoms with E-state index in [2.05, 4.69) is 39.1 Å². The number of benzene rings is 1. The molecule has 0 amide bonds. The highest BCUT2D eigenvalue weighted by Crippen LogP contribution is 2.41. The van der Waals surface area contributed by atoms with E-state index in [9.17, 15) is 0 Å². The smallest absolute Gasteiger partial charge is 0.0502 e. The van der Waals surface area contributed by atoms with Gasteiger partial charge in [-0.15, -0.1) is 0 Å². The van der Waals surface area contributed by atoms with Gasteiger partial charge in [0.15, 0.2) is 0 Å². The Balaban J connectivity index is 2.23. The zero-order valence-corrected chi connectivity index (χ0v) is 9.97. The average Bonchev–Trinajstić information content (AvgIpc) is 2.98. The van der Waals surface area contributed by atoms with Crippen molar-refractivity contribution < 1.29 is 0 Å². The van der Waals surface area contributed by atoms with Gasteiger partial charge in [-0.1, -0.05) is 15.9 Å². The molecule has 0 aliphatic heterocycles. The molecule has 0 spiro atoms. The molecule has 1 heterocycles. The Kier molecular flexibility index (Phi) is 2.11. The van der Waals surface area contributed by atoms with Crippen LogP contribution in [0.2, 0.25) is 0 Å². The van der Waals surface area contributed by atoms with Gasteiger partial charge in [0.25, 0.3) is 0 Å². The molecular formula is C12H13BrN2. The van der Waals surface area contributed by atoms with Gasteiger partial charge < -0.3 is 10.7 Å². The number of hydrogen-bond donors (Lipinski definition) is 2. The van der Waals surface area contributed by atoms with Crippen LogP contribution in [-0.2, 0) is 6.54 Å². The van der Waals surface area contributed by atoms with Gasteiger partial charge in [-0.2, -0.15) is 0 Å². The molecule has 3 N–H and O–H groups in total. The molecule has 2 nitrogen and oxygen atoms in total. The van der Waals surface area contributed by atoms with E-state index < -0.39 is 0 Å². The summed E-state index contributed by atoms with van der Waals surface area (Å²) in [6.45, 7) is 0.584. The number of fused-ring (bicyclic) bond motifs is 1. The number of nitrogens with two attached hydrogens (primary N) is 1. The fourth-order valence-electron chi connectivity index (χ4n) is 2.08. The lowest BCUT2D eigenvalue weighted by Crippen LogP contribution is -1.97. The lowest BCUT2D eigenvalue weighted by atomic mass is 10.1. The molecule has 78 valence electrons. The van der Waals surface area contributed by atoms with Crippen LogP contribution in [0.25, 0.3) is 10.9 Å². The molecule has 1 aromatic carbocycles. The number of hydrogen-bond acceptors (Lipinski definition) is 1. The van der Waals surface area contributed by atoms with Crippen LogP contribution in [0.4, 0.5) is 0 Å². The Morgan fingerprint density at radius 1 is 1.33 bits per heavy atom. The van der Waals surface area contributed by atoms with Gasteiger partial charge in [-0.05, 0) is 42.5 Å².